The van der Waals surface area contributed by atoms with Gasteiger partial charge in [-0.3, -0.25) is 4.57 Å². The highest BCUT2D eigenvalue weighted by atomic mass is 19.1. The van der Waals surface area contributed by atoms with E-state index in [4.69, 9.17) is 4.42 Å². The molecule has 0 unspecified atom stereocenters. The molecule has 7 heteroatoms. The van der Waals surface area contributed by atoms with Crippen LogP contribution in [0.5, 0.6) is 0 Å². The highest BCUT2D eigenvalue weighted by molar-refractivity contribution is 5.92. The van der Waals surface area contributed by atoms with E-state index in [0.717, 1.165) is 11.1 Å². The van der Waals surface area contributed by atoms with Crippen molar-refractivity contribution < 1.29 is 13.6 Å². The third-order valence-electron chi connectivity index (χ3n) is 5.14. The van der Waals surface area contributed by atoms with Crippen molar-refractivity contribution in [1.82, 2.24) is 9.47 Å². The van der Waals surface area contributed by atoms with Crippen LogP contribution in [0.1, 0.15) is 31.0 Å². The smallest absolute Gasteiger partial charge is 0.408 e. The molecule has 2 heterocycles. The maximum atomic E-state index is 13.6. The normalized spacial score (nSPS) is 16.4. The van der Waals surface area contributed by atoms with E-state index in [2.05, 4.69) is 5.32 Å². The second-order valence-corrected chi connectivity index (χ2v) is 6.69. The maximum Gasteiger partial charge on any atom is 0.419 e. The summed E-state index contributed by atoms with van der Waals surface area (Å²) in [6, 6.07) is 9.36. The van der Waals surface area contributed by atoms with E-state index in [9.17, 15) is 14.0 Å². The van der Waals surface area contributed by atoms with Crippen LogP contribution in [-0.4, -0.2) is 22.0 Å². The molecule has 3 aromatic rings. The van der Waals surface area contributed by atoms with Gasteiger partial charge in [0.2, 0.25) is 0 Å². The fourth-order valence-corrected chi connectivity index (χ4v) is 3.70. The maximum absolute atomic E-state index is 13.6. The molecule has 0 aliphatic carbocycles. The number of fused-ring (bicyclic) bond motifs is 2. The largest absolute Gasteiger partial charge is 0.419 e. The Bertz CT molecular complexity index is 1090. The molecule has 0 fully saturated rings. The molecule has 27 heavy (non-hydrogen) atoms. The molecule has 1 atom stereocenters. The summed E-state index contributed by atoms with van der Waals surface area (Å²) in [6.07, 6.45) is 0.681. The summed E-state index contributed by atoms with van der Waals surface area (Å²) in [5, 5.41) is 2.85. The average molecular weight is 369 g/mol. The monoisotopic (exact) mass is 369 g/mol. The van der Waals surface area contributed by atoms with E-state index >= 15 is 0 Å². The Morgan fingerprint density at radius 1 is 1.30 bits per heavy atom. The molecular formula is C20H20FN3O3. The molecule has 6 nitrogen and oxygen atoms in total. The Balaban J connectivity index is 1.57. The van der Waals surface area contributed by atoms with Crippen LogP contribution >= 0.6 is 0 Å². The summed E-state index contributed by atoms with van der Waals surface area (Å²) < 4.78 is 20.4. The van der Waals surface area contributed by atoms with Crippen LogP contribution in [0.2, 0.25) is 0 Å². The molecule has 1 aromatic heterocycles. The summed E-state index contributed by atoms with van der Waals surface area (Å²) in [4.78, 5) is 26.2. The van der Waals surface area contributed by atoms with Crippen LogP contribution in [0.4, 0.5) is 14.9 Å². The second kappa shape index (κ2) is 6.57. The standard InChI is InChI=1S/C20H20FN3O3/c1-3-23-17-7-6-15(11-18(17)27-20(23)26)22-19(25)24-9-8-13-4-5-14(21)10-16(13)12(24)2/h4-7,10-12H,3,8-9H2,1-2H3,(H,22,25)/t12-/m0/s1. The first-order valence-corrected chi connectivity index (χ1v) is 8.97. The molecule has 1 aliphatic rings. The van der Waals surface area contributed by atoms with Crippen LogP contribution in [0, 0.1) is 5.82 Å². The molecule has 4 rings (SSSR count). The number of halogens is 1. The number of aryl methyl sites for hydroxylation is 1. The molecule has 0 bridgehead atoms. The van der Waals surface area contributed by atoms with Crippen molar-refractivity contribution >= 4 is 22.8 Å². The lowest BCUT2D eigenvalue weighted by Gasteiger charge is -2.35. The van der Waals surface area contributed by atoms with E-state index in [1.54, 1.807) is 29.2 Å². The van der Waals surface area contributed by atoms with E-state index in [1.807, 2.05) is 13.8 Å². The van der Waals surface area contributed by atoms with Gasteiger partial charge in [-0.05, 0) is 55.7 Å². The minimum absolute atomic E-state index is 0.229. The Morgan fingerprint density at radius 2 is 2.11 bits per heavy atom. The average Bonchev–Trinajstić information content (AvgIpc) is 2.96. The van der Waals surface area contributed by atoms with Gasteiger partial charge in [-0.15, -0.1) is 0 Å². The summed E-state index contributed by atoms with van der Waals surface area (Å²) in [5.74, 6) is -0.719. The van der Waals surface area contributed by atoms with Gasteiger partial charge in [-0.2, -0.15) is 0 Å². The Kier molecular flexibility index (Phi) is 4.22. The van der Waals surface area contributed by atoms with Gasteiger partial charge in [0.25, 0.3) is 0 Å². The number of amides is 2. The predicted molar refractivity (Wildman–Crippen MR) is 100 cm³/mol. The minimum Gasteiger partial charge on any atom is -0.408 e. The number of aromatic nitrogens is 1. The van der Waals surface area contributed by atoms with Crippen LogP contribution in [0.25, 0.3) is 11.1 Å². The van der Waals surface area contributed by atoms with Crippen molar-refractivity contribution in [3.8, 4) is 0 Å². The van der Waals surface area contributed by atoms with Crippen LogP contribution in [0.15, 0.2) is 45.6 Å². The van der Waals surface area contributed by atoms with E-state index in [1.165, 1.54) is 16.7 Å². The van der Waals surface area contributed by atoms with Crippen molar-refractivity contribution in [2.24, 2.45) is 0 Å². The zero-order chi connectivity index (χ0) is 19.1. The lowest BCUT2D eigenvalue weighted by atomic mass is 9.94. The molecule has 0 saturated carbocycles. The fraction of sp³-hybridized carbons (Fsp3) is 0.300. The van der Waals surface area contributed by atoms with Gasteiger partial charge in [0.15, 0.2) is 5.58 Å². The highest BCUT2D eigenvalue weighted by Crippen LogP contribution is 2.30. The molecule has 1 N–H and O–H groups in total. The van der Waals surface area contributed by atoms with Gasteiger partial charge < -0.3 is 14.6 Å². The van der Waals surface area contributed by atoms with E-state index < -0.39 is 5.76 Å². The number of anilines is 1. The first-order chi connectivity index (χ1) is 13.0. The number of hydrogen-bond acceptors (Lipinski definition) is 3. The van der Waals surface area contributed by atoms with Gasteiger partial charge in [-0.25, -0.2) is 14.0 Å². The summed E-state index contributed by atoms with van der Waals surface area (Å²) in [5.41, 5.74) is 3.56. The van der Waals surface area contributed by atoms with Crippen LogP contribution < -0.4 is 11.1 Å². The van der Waals surface area contributed by atoms with E-state index in [-0.39, 0.29) is 17.9 Å². The van der Waals surface area contributed by atoms with Crippen molar-refractivity contribution in [3.63, 3.8) is 0 Å². The van der Waals surface area contributed by atoms with Gasteiger partial charge >= 0.3 is 11.8 Å². The van der Waals surface area contributed by atoms with Crippen molar-refractivity contribution in [3.05, 3.63) is 63.9 Å². The minimum atomic E-state index is -0.417. The lowest BCUT2D eigenvalue weighted by molar-refractivity contribution is 0.188. The van der Waals surface area contributed by atoms with Crippen molar-refractivity contribution in [2.75, 3.05) is 11.9 Å². The summed E-state index contributed by atoms with van der Waals surface area (Å²) in [7, 11) is 0. The zero-order valence-corrected chi connectivity index (χ0v) is 15.2. The fourth-order valence-electron chi connectivity index (χ4n) is 3.70. The number of benzene rings is 2. The third-order valence-corrected chi connectivity index (χ3v) is 5.14. The number of carbonyl (C=O) groups is 1. The van der Waals surface area contributed by atoms with Gasteiger partial charge in [0.05, 0.1) is 11.6 Å². The summed E-state index contributed by atoms with van der Waals surface area (Å²) >= 11 is 0. The molecule has 0 radical (unpaired) electrons. The van der Waals surface area contributed by atoms with Crippen LogP contribution in [0.3, 0.4) is 0 Å². The molecule has 1 aliphatic heterocycles. The molecule has 2 aromatic carbocycles. The number of nitrogens with one attached hydrogen (secondary N) is 1. The van der Waals surface area contributed by atoms with Crippen molar-refractivity contribution in [2.45, 2.75) is 32.9 Å². The van der Waals surface area contributed by atoms with Gasteiger partial charge in [0.1, 0.15) is 5.82 Å². The SMILES string of the molecule is CCn1c(=O)oc2cc(NC(=O)N3CCc4ccc(F)cc4[C@@H]3C)ccc21. The quantitative estimate of drug-likeness (QED) is 0.745. The van der Waals surface area contributed by atoms with Gasteiger partial charge in [0, 0.05) is 24.8 Å². The van der Waals surface area contributed by atoms with Gasteiger partial charge in [-0.1, -0.05) is 6.07 Å². The highest BCUT2D eigenvalue weighted by Gasteiger charge is 2.28. The number of oxazole rings is 1. The third kappa shape index (κ3) is 2.99. The summed E-state index contributed by atoms with van der Waals surface area (Å²) in [6.45, 7) is 4.82. The molecular weight excluding hydrogens is 349 g/mol. The number of rotatable bonds is 2. The zero-order valence-electron chi connectivity index (χ0n) is 15.2. The molecule has 0 spiro atoms. The molecule has 0 saturated heterocycles. The lowest BCUT2D eigenvalue weighted by Crippen LogP contribution is -2.41. The topological polar surface area (TPSA) is 67.5 Å². The first kappa shape index (κ1) is 17.3. The molecule has 2 amide bonds. The Morgan fingerprint density at radius 3 is 2.89 bits per heavy atom. The first-order valence-electron chi connectivity index (χ1n) is 8.97. The number of nitrogens with zero attached hydrogens (tertiary/aromatic N) is 2. The number of hydrogen-bond donors (Lipinski definition) is 1. The van der Waals surface area contributed by atoms with Crippen LogP contribution in [-0.2, 0) is 13.0 Å². The van der Waals surface area contributed by atoms with E-state index in [0.29, 0.717) is 36.3 Å². The Labute approximate surface area is 155 Å². The molecule has 140 valence electrons. The Hall–Kier alpha value is -3.09. The van der Waals surface area contributed by atoms with Crippen molar-refractivity contribution in [1.29, 1.82) is 0 Å². The number of urea groups is 1. The number of carbonyl (C=O) groups excluding carboxylic acids is 1. The predicted octanol–water partition coefficient (Wildman–Crippen LogP) is 3.90. The second-order valence-electron chi connectivity index (χ2n) is 6.69.